The maximum absolute atomic E-state index is 2.29. The molecule has 0 amide bonds. The number of rotatable bonds is 2. The summed E-state index contributed by atoms with van der Waals surface area (Å²) in [5, 5.41) is 0. The maximum atomic E-state index is 2.29. The van der Waals surface area contributed by atoms with Crippen LogP contribution in [-0.4, -0.2) is 7.05 Å². The van der Waals surface area contributed by atoms with Gasteiger partial charge >= 0.3 is 0 Å². The molecule has 4 rings (SSSR count). The predicted octanol–water partition coefficient (Wildman–Crippen LogP) is 6.79. The molecule has 1 aliphatic heterocycles. The summed E-state index contributed by atoms with van der Waals surface area (Å²) in [4.78, 5) is 4.89. The van der Waals surface area contributed by atoms with Gasteiger partial charge < -0.3 is 12.3 Å². The molecule has 0 aromatic heterocycles. The second-order valence-electron chi connectivity index (χ2n) is 5.94. The Hall–Kier alpha value is -1.40. The van der Waals surface area contributed by atoms with Crippen molar-refractivity contribution in [1.29, 1.82) is 0 Å². The fourth-order valence-corrected chi connectivity index (χ4v) is 4.29. The van der Waals surface area contributed by atoms with Crippen LogP contribution in [0.25, 0.3) is 5.57 Å². The molecule has 3 heteroatoms. The summed E-state index contributed by atoms with van der Waals surface area (Å²) in [5.74, 6) is 0. The fraction of sp³-hybridized carbons (Fsp3) is 0.0870. The van der Waals surface area contributed by atoms with E-state index in [0.717, 1.165) is 0 Å². The molecule has 0 atom stereocenters. The van der Waals surface area contributed by atoms with E-state index in [0.29, 0.717) is 0 Å². The van der Waals surface area contributed by atoms with E-state index >= 15 is 0 Å². The van der Waals surface area contributed by atoms with Crippen LogP contribution in [0.3, 0.4) is 0 Å². The van der Waals surface area contributed by atoms with Gasteiger partial charge in [0, 0.05) is 71.1 Å². The second kappa shape index (κ2) is 9.00. The summed E-state index contributed by atoms with van der Waals surface area (Å²) >= 11 is 1.84. The Morgan fingerprint density at radius 2 is 1.19 bits per heavy atom. The topological polar surface area (TPSA) is 3.24 Å². The molecule has 1 heterocycles. The van der Waals surface area contributed by atoms with Crippen LogP contribution in [0.2, 0.25) is 0 Å². The molecule has 26 heavy (non-hydrogen) atoms. The van der Waals surface area contributed by atoms with Crippen LogP contribution in [-0.2, 0) is 0 Å². The number of hydrogen-bond acceptors (Lipinski definition) is 2. The number of anilines is 2. The van der Waals surface area contributed by atoms with Crippen molar-refractivity contribution >= 4 is 28.7 Å². The Morgan fingerprint density at radius 1 is 0.731 bits per heavy atom. The summed E-state index contributed by atoms with van der Waals surface area (Å²) in [5.41, 5.74) is 6.48. The summed E-state index contributed by atoms with van der Waals surface area (Å²) < 4.78 is 0. The second-order valence-corrected chi connectivity index (χ2v) is 7.23. The SMILES string of the molecule is CC(Sc1ccccc1)=C1c2ccccc2N(C)c2ccccc21.[CH3-].[U]. The Bertz CT molecular complexity index is 869. The first-order valence-corrected chi connectivity index (χ1v) is 8.93. The first-order chi connectivity index (χ1) is 11.8. The molecule has 3 aromatic rings. The monoisotopic (exact) mass is 582 g/mol. The summed E-state index contributed by atoms with van der Waals surface area (Å²) in [7, 11) is 2.15. The Labute approximate surface area is 184 Å². The minimum absolute atomic E-state index is 0. The minimum atomic E-state index is 0. The van der Waals surface area contributed by atoms with E-state index < -0.39 is 0 Å². The van der Waals surface area contributed by atoms with Crippen molar-refractivity contribution in [3.8, 4) is 0 Å². The first kappa shape index (κ1) is 20.9. The molecule has 0 unspecified atom stereocenters. The molecule has 1 nitrogen and oxygen atoms in total. The molecule has 0 spiro atoms. The van der Waals surface area contributed by atoms with Gasteiger partial charge in [-0.2, -0.15) is 0 Å². The van der Waals surface area contributed by atoms with Gasteiger partial charge in [0.2, 0.25) is 0 Å². The normalized spacial score (nSPS) is 11.6. The van der Waals surface area contributed by atoms with Gasteiger partial charge in [0.25, 0.3) is 0 Å². The zero-order valence-electron chi connectivity index (χ0n) is 15.4. The Kier molecular flexibility index (Phi) is 7.24. The van der Waals surface area contributed by atoms with E-state index in [9.17, 15) is 0 Å². The summed E-state index contributed by atoms with van der Waals surface area (Å²) in [6.45, 7) is 2.23. The number of nitrogens with zero attached hydrogens (tertiary/aromatic N) is 1. The maximum Gasteiger partial charge on any atom is 0.0488 e. The summed E-state index contributed by atoms with van der Waals surface area (Å²) in [6.07, 6.45) is 0. The number of allylic oxidation sites excluding steroid dienone is 1. The third-order valence-corrected chi connectivity index (χ3v) is 5.45. The van der Waals surface area contributed by atoms with E-state index in [1.807, 2.05) is 11.8 Å². The van der Waals surface area contributed by atoms with Crippen LogP contribution in [0.4, 0.5) is 11.4 Å². The molecule has 1 aliphatic rings. The molecule has 0 aliphatic carbocycles. The number of fused-ring (bicyclic) bond motifs is 2. The third-order valence-electron chi connectivity index (χ3n) is 4.44. The standard InChI is InChI=1S/C22H19NS.CH3.U/c1-16(24-17-10-4-3-5-11-17)22-18-12-6-8-14-20(18)23(2)21-15-9-7-13-19(21)22;;/h3-15H,1-2H3;1H3;/q;-1;. The Balaban J connectivity index is 0.00000121. The van der Waals surface area contributed by atoms with Crippen LogP contribution < -0.4 is 4.90 Å². The molecule has 0 N–H and O–H groups in total. The molecule has 3 aromatic carbocycles. The number of hydrogen-bond donors (Lipinski definition) is 0. The van der Waals surface area contributed by atoms with Gasteiger partial charge in [0.1, 0.15) is 0 Å². The Morgan fingerprint density at radius 3 is 1.73 bits per heavy atom. The molecule has 0 bridgehead atoms. The van der Waals surface area contributed by atoms with Crippen molar-refractivity contribution in [2.24, 2.45) is 0 Å². The van der Waals surface area contributed by atoms with Crippen molar-refractivity contribution in [2.75, 3.05) is 11.9 Å². The van der Waals surface area contributed by atoms with Crippen molar-refractivity contribution in [1.82, 2.24) is 0 Å². The van der Waals surface area contributed by atoms with Crippen LogP contribution in [0.15, 0.2) is 88.7 Å². The molecular weight excluding hydrogens is 560 g/mol. The molecular formula is C23H22NSU-. The minimum Gasteiger partial charge on any atom is -0.358 e. The fourth-order valence-electron chi connectivity index (χ4n) is 3.33. The number of benzene rings is 3. The van der Waals surface area contributed by atoms with Crippen LogP contribution in [0.1, 0.15) is 18.1 Å². The van der Waals surface area contributed by atoms with E-state index in [1.54, 1.807) is 0 Å². The predicted molar refractivity (Wildman–Crippen MR) is 111 cm³/mol. The van der Waals surface area contributed by atoms with Gasteiger partial charge in [-0.3, -0.25) is 0 Å². The van der Waals surface area contributed by atoms with Gasteiger partial charge in [0.15, 0.2) is 0 Å². The molecule has 0 fully saturated rings. The largest absolute Gasteiger partial charge is 0.358 e. The van der Waals surface area contributed by atoms with Gasteiger partial charge in [-0.1, -0.05) is 66.4 Å². The van der Waals surface area contributed by atoms with E-state index in [2.05, 4.69) is 97.7 Å². The summed E-state index contributed by atoms with van der Waals surface area (Å²) in [6, 6.07) is 27.9. The van der Waals surface area contributed by atoms with Crippen LogP contribution >= 0.6 is 11.8 Å². The van der Waals surface area contributed by atoms with E-state index in [-0.39, 0.29) is 38.5 Å². The molecule has 130 valence electrons. The van der Waals surface area contributed by atoms with Gasteiger partial charge in [-0.05, 0) is 36.1 Å². The molecule has 0 saturated carbocycles. The average molecular weight is 583 g/mol. The van der Waals surface area contributed by atoms with Crippen LogP contribution in [0.5, 0.6) is 0 Å². The zero-order chi connectivity index (χ0) is 16.5. The van der Waals surface area contributed by atoms with Crippen molar-refractivity contribution in [3.05, 3.63) is 102 Å². The van der Waals surface area contributed by atoms with Gasteiger partial charge in [-0.25, -0.2) is 0 Å². The number of para-hydroxylation sites is 2. The van der Waals surface area contributed by atoms with Crippen molar-refractivity contribution < 1.29 is 31.1 Å². The van der Waals surface area contributed by atoms with E-state index in [4.69, 9.17) is 0 Å². The van der Waals surface area contributed by atoms with Crippen LogP contribution in [0, 0.1) is 38.5 Å². The van der Waals surface area contributed by atoms with Gasteiger partial charge in [0.05, 0.1) is 0 Å². The smallest absolute Gasteiger partial charge is 0.0488 e. The first-order valence-electron chi connectivity index (χ1n) is 8.12. The quantitative estimate of drug-likeness (QED) is 0.242. The molecule has 0 radical (unpaired) electrons. The van der Waals surface area contributed by atoms with E-state index in [1.165, 1.54) is 37.9 Å². The molecule has 0 saturated heterocycles. The van der Waals surface area contributed by atoms with Crippen molar-refractivity contribution in [3.63, 3.8) is 0 Å². The van der Waals surface area contributed by atoms with Gasteiger partial charge in [-0.15, -0.1) is 0 Å². The number of thioether (sulfide) groups is 1. The average Bonchev–Trinajstić information content (AvgIpc) is 2.63. The zero-order valence-corrected chi connectivity index (χ0v) is 20.3. The third kappa shape index (κ3) is 3.81. The van der Waals surface area contributed by atoms with Crippen molar-refractivity contribution in [2.45, 2.75) is 11.8 Å².